The summed E-state index contributed by atoms with van der Waals surface area (Å²) >= 11 is 1.29. The topological polar surface area (TPSA) is 67.2 Å². The highest BCUT2D eigenvalue weighted by Gasteiger charge is 2.22. The first-order valence-corrected chi connectivity index (χ1v) is 10.4. The third-order valence-electron chi connectivity index (χ3n) is 4.66. The van der Waals surface area contributed by atoms with Crippen molar-refractivity contribution in [2.75, 3.05) is 31.7 Å². The maximum atomic E-state index is 12.9. The van der Waals surface area contributed by atoms with E-state index in [4.69, 9.17) is 0 Å². The van der Waals surface area contributed by atoms with Gasteiger partial charge in [0.05, 0.1) is 5.75 Å². The summed E-state index contributed by atoms with van der Waals surface area (Å²) in [6.45, 7) is 1.59. The quantitative estimate of drug-likeness (QED) is 0.541. The average molecular weight is 405 g/mol. The van der Waals surface area contributed by atoms with Crippen molar-refractivity contribution in [2.24, 2.45) is 0 Å². The number of thioether (sulfide) groups is 1. The third-order valence-corrected chi connectivity index (χ3v) is 5.67. The molecule has 1 aromatic carbocycles. The number of hydrogen-bond donors (Lipinski definition) is 1. The van der Waals surface area contributed by atoms with Crippen LogP contribution in [0.15, 0.2) is 34.1 Å². The summed E-state index contributed by atoms with van der Waals surface area (Å²) in [6, 6.07) is 5.63. The van der Waals surface area contributed by atoms with Crippen LogP contribution in [-0.2, 0) is 24.2 Å². The molecular formula is C20H25FN4O2S. The van der Waals surface area contributed by atoms with E-state index < -0.39 is 0 Å². The van der Waals surface area contributed by atoms with Crippen LogP contribution in [0.4, 0.5) is 10.1 Å². The molecule has 1 aliphatic carbocycles. The van der Waals surface area contributed by atoms with Crippen molar-refractivity contribution >= 4 is 23.4 Å². The van der Waals surface area contributed by atoms with Crippen molar-refractivity contribution in [3.8, 4) is 0 Å². The first kappa shape index (κ1) is 20.5. The molecule has 1 heterocycles. The van der Waals surface area contributed by atoms with E-state index in [1.54, 1.807) is 4.57 Å². The molecule has 0 radical (unpaired) electrons. The Kier molecular flexibility index (Phi) is 6.85. The zero-order valence-corrected chi connectivity index (χ0v) is 17.0. The average Bonchev–Trinajstić information content (AvgIpc) is 3.13. The van der Waals surface area contributed by atoms with Crippen molar-refractivity contribution < 1.29 is 9.18 Å². The number of nitrogens with zero attached hydrogens (tertiary/aromatic N) is 3. The van der Waals surface area contributed by atoms with Gasteiger partial charge in [0.25, 0.3) is 0 Å². The summed E-state index contributed by atoms with van der Waals surface area (Å²) in [6.07, 6.45) is 3.67. The van der Waals surface area contributed by atoms with E-state index in [0.717, 1.165) is 43.5 Å². The highest BCUT2D eigenvalue weighted by Crippen LogP contribution is 2.29. The number of hydrogen-bond acceptors (Lipinski definition) is 5. The Hall–Kier alpha value is -2.19. The van der Waals surface area contributed by atoms with E-state index >= 15 is 0 Å². The van der Waals surface area contributed by atoms with Crippen molar-refractivity contribution in [3.63, 3.8) is 0 Å². The fraction of sp³-hybridized carbons (Fsp3) is 0.450. The molecule has 2 aromatic rings. The molecule has 0 atom stereocenters. The minimum Gasteiger partial charge on any atom is -0.325 e. The molecule has 150 valence electrons. The first-order chi connectivity index (χ1) is 13.4. The molecule has 0 unspecified atom stereocenters. The Bertz CT molecular complexity index is 896. The van der Waals surface area contributed by atoms with Crippen molar-refractivity contribution in [2.45, 2.75) is 37.3 Å². The smallest absolute Gasteiger partial charge is 0.325 e. The Morgan fingerprint density at radius 1 is 1.29 bits per heavy atom. The molecule has 0 fully saturated rings. The Morgan fingerprint density at radius 3 is 2.75 bits per heavy atom. The number of anilines is 1. The number of benzene rings is 1. The normalized spacial score (nSPS) is 13.0. The lowest BCUT2D eigenvalue weighted by atomic mass is 10.2. The van der Waals surface area contributed by atoms with Gasteiger partial charge in [0.1, 0.15) is 10.8 Å². The van der Waals surface area contributed by atoms with E-state index in [9.17, 15) is 14.0 Å². The monoisotopic (exact) mass is 404 g/mol. The minimum absolute atomic E-state index is 0.154. The molecule has 8 heteroatoms. The highest BCUT2D eigenvalue weighted by molar-refractivity contribution is 8.00. The summed E-state index contributed by atoms with van der Waals surface area (Å²) in [5.41, 5.74) is 2.48. The number of rotatable bonds is 8. The summed E-state index contributed by atoms with van der Waals surface area (Å²) in [5, 5.41) is 3.39. The number of amides is 1. The lowest BCUT2D eigenvalue weighted by molar-refractivity contribution is -0.113. The zero-order chi connectivity index (χ0) is 20.1. The molecule has 1 N–H and O–H groups in total. The van der Waals surface area contributed by atoms with E-state index in [1.807, 2.05) is 14.1 Å². The van der Waals surface area contributed by atoms with E-state index in [1.165, 1.54) is 36.0 Å². The number of fused-ring (bicyclic) bond motifs is 1. The van der Waals surface area contributed by atoms with Crippen LogP contribution in [0.25, 0.3) is 0 Å². The van der Waals surface area contributed by atoms with Gasteiger partial charge < -0.3 is 10.2 Å². The number of halogens is 1. The molecule has 0 saturated heterocycles. The second-order valence-electron chi connectivity index (χ2n) is 7.13. The minimum atomic E-state index is -0.349. The summed E-state index contributed by atoms with van der Waals surface area (Å²) < 4.78 is 14.7. The number of carbonyl (C=O) groups excluding carboxylic acids is 1. The largest absolute Gasteiger partial charge is 0.348 e. The van der Waals surface area contributed by atoms with Crippen LogP contribution in [0.5, 0.6) is 0 Å². The molecular weight excluding hydrogens is 379 g/mol. The maximum Gasteiger partial charge on any atom is 0.348 e. The van der Waals surface area contributed by atoms with Crippen molar-refractivity contribution in [3.05, 3.63) is 51.8 Å². The maximum absolute atomic E-state index is 12.9. The summed E-state index contributed by atoms with van der Waals surface area (Å²) in [4.78, 5) is 31.1. The molecule has 0 spiro atoms. The predicted molar refractivity (Wildman–Crippen MR) is 109 cm³/mol. The molecule has 1 amide bonds. The van der Waals surface area contributed by atoms with Crippen LogP contribution >= 0.6 is 11.8 Å². The van der Waals surface area contributed by atoms with Gasteiger partial charge in [0.2, 0.25) is 5.91 Å². The van der Waals surface area contributed by atoms with Gasteiger partial charge in [0.15, 0.2) is 0 Å². The molecule has 0 aliphatic heterocycles. The zero-order valence-electron chi connectivity index (χ0n) is 16.2. The fourth-order valence-electron chi connectivity index (χ4n) is 3.35. The highest BCUT2D eigenvalue weighted by atomic mass is 32.2. The second kappa shape index (κ2) is 9.34. The number of aromatic nitrogens is 2. The van der Waals surface area contributed by atoms with Gasteiger partial charge in [-0.15, -0.1) is 0 Å². The van der Waals surface area contributed by atoms with Gasteiger partial charge in [-0.2, -0.15) is 4.98 Å². The molecule has 6 nitrogen and oxygen atoms in total. The van der Waals surface area contributed by atoms with E-state index in [-0.39, 0.29) is 23.2 Å². The fourth-order valence-corrected chi connectivity index (χ4v) is 4.22. The summed E-state index contributed by atoms with van der Waals surface area (Å²) in [7, 11) is 4.03. The first-order valence-electron chi connectivity index (χ1n) is 9.39. The van der Waals surface area contributed by atoms with Gasteiger partial charge in [-0.25, -0.2) is 9.18 Å². The van der Waals surface area contributed by atoms with Crippen LogP contribution in [0.1, 0.15) is 24.1 Å². The lowest BCUT2D eigenvalue weighted by Crippen LogP contribution is -2.29. The van der Waals surface area contributed by atoms with Crippen LogP contribution < -0.4 is 11.0 Å². The SMILES string of the molecule is CN(C)CCCn1c2c(c(SCC(=O)Nc3ccc(F)cc3)nc1=O)CCC2. The van der Waals surface area contributed by atoms with Gasteiger partial charge in [-0.05, 0) is 70.6 Å². The molecule has 1 aliphatic rings. The van der Waals surface area contributed by atoms with Gasteiger partial charge in [-0.1, -0.05) is 11.8 Å². The van der Waals surface area contributed by atoms with E-state index in [0.29, 0.717) is 17.3 Å². The van der Waals surface area contributed by atoms with Crippen LogP contribution in [0.3, 0.4) is 0 Å². The second-order valence-corrected chi connectivity index (χ2v) is 8.09. The molecule has 0 saturated carbocycles. The van der Waals surface area contributed by atoms with Gasteiger partial charge in [0, 0.05) is 23.5 Å². The van der Waals surface area contributed by atoms with Crippen LogP contribution in [0, 0.1) is 5.82 Å². The van der Waals surface area contributed by atoms with Crippen molar-refractivity contribution in [1.29, 1.82) is 0 Å². The van der Waals surface area contributed by atoms with Crippen LogP contribution in [-0.4, -0.2) is 46.8 Å². The Morgan fingerprint density at radius 2 is 2.04 bits per heavy atom. The standard InChI is InChI=1S/C20H25FN4O2S/c1-24(2)11-4-12-25-17-6-3-5-16(17)19(23-20(25)27)28-13-18(26)22-15-9-7-14(21)8-10-15/h7-10H,3-6,11-13H2,1-2H3,(H,22,26). The van der Waals surface area contributed by atoms with Crippen molar-refractivity contribution in [1.82, 2.24) is 14.5 Å². The summed E-state index contributed by atoms with van der Waals surface area (Å²) in [5.74, 6) is -0.403. The van der Waals surface area contributed by atoms with E-state index in [2.05, 4.69) is 15.2 Å². The van der Waals surface area contributed by atoms with Gasteiger partial charge >= 0.3 is 5.69 Å². The van der Waals surface area contributed by atoms with Gasteiger partial charge in [-0.3, -0.25) is 9.36 Å². The molecule has 0 bridgehead atoms. The number of carbonyl (C=O) groups is 1. The third kappa shape index (κ3) is 5.20. The molecule has 1 aromatic heterocycles. The molecule has 3 rings (SSSR count). The predicted octanol–water partition coefficient (Wildman–Crippen LogP) is 2.55. The van der Waals surface area contributed by atoms with Crippen LogP contribution in [0.2, 0.25) is 0 Å². The Labute approximate surface area is 168 Å². The Balaban J connectivity index is 1.66. The lowest BCUT2D eigenvalue weighted by Gasteiger charge is -2.15. The molecule has 28 heavy (non-hydrogen) atoms. The number of nitrogens with one attached hydrogen (secondary N) is 1.